The van der Waals surface area contributed by atoms with Crippen molar-refractivity contribution in [3.05, 3.63) is 16.6 Å². The topological polar surface area (TPSA) is 105 Å². The maximum Gasteiger partial charge on any atom is 0.326 e. The van der Waals surface area contributed by atoms with E-state index in [1.54, 1.807) is 13.8 Å². The van der Waals surface area contributed by atoms with Crippen molar-refractivity contribution in [2.24, 2.45) is 0 Å². The average molecular weight is 244 g/mol. The molecule has 0 bridgehead atoms. The molecule has 0 aliphatic carbocycles. The molecule has 1 unspecified atom stereocenters. The Balaban J connectivity index is 2.80. The molecular weight excluding hydrogens is 228 g/mol. The second-order valence-corrected chi connectivity index (χ2v) is 4.05. The van der Waals surface area contributed by atoms with Crippen molar-refractivity contribution in [2.75, 3.05) is 6.67 Å². The molecule has 0 radical (unpaired) electrons. The van der Waals surface area contributed by atoms with Crippen molar-refractivity contribution >= 4 is 11.9 Å². The Morgan fingerprint density at radius 1 is 1.47 bits per heavy atom. The monoisotopic (exact) mass is 244 g/mol. The van der Waals surface area contributed by atoms with Crippen LogP contribution in [0.5, 0.6) is 0 Å². The second kappa shape index (κ2) is 5.15. The van der Waals surface area contributed by atoms with Gasteiger partial charge < -0.3 is 25.4 Å². The average Bonchev–Trinajstić information content (AvgIpc) is 2.46. The van der Waals surface area contributed by atoms with Crippen molar-refractivity contribution in [2.45, 2.75) is 32.7 Å². The Kier molecular flexibility index (Phi) is 4.08. The van der Waals surface area contributed by atoms with Gasteiger partial charge >= 0.3 is 11.9 Å². The predicted octanol–water partition coefficient (Wildman–Crippen LogP) is -0.788. The van der Waals surface area contributed by atoms with Crippen LogP contribution in [0.2, 0.25) is 0 Å². The number of nitrogens with one attached hydrogen (secondary N) is 1. The normalized spacial score (nSPS) is 21.8. The van der Waals surface area contributed by atoms with E-state index in [4.69, 9.17) is 10.2 Å². The van der Waals surface area contributed by atoms with E-state index in [1.165, 1.54) is 4.90 Å². The summed E-state index contributed by atoms with van der Waals surface area (Å²) in [6, 6.07) is -0.951. The minimum Gasteiger partial charge on any atom is -0.628 e. The molecule has 0 saturated heterocycles. The van der Waals surface area contributed by atoms with Crippen LogP contribution in [0, 0.1) is 5.21 Å². The Morgan fingerprint density at radius 2 is 2.06 bits per heavy atom. The number of rotatable bonds is 5. The van der Waals surface area contributed by atoms with E-state index in [0.717, 1.165) is 0 Å². The van der Waals surface area contributed by atoms with Gasteiger partial charge in [-0.15, -0.1) is 0 Å². The lowest BCUT2D eigenvalue weighted by molar-refractivity contribution is -0.808. The molecule has 0 spiro atoms. The number of quaternary nitrogens is 1. The maximum atomic E-state index is 11.5. The van der Waals surface area contributed by atoms with Gasteiger partial charge in [0, 0.05) is 13.3 Å². The number of carbonyl (C=O) groups is 2. The van der Waals surface area contributed by atoms with Crippen LogP contribution in [0.15, 0.2) is 11.4 Å². The van der Waals surface area contributed by atoms with Crippen LogP contribution in [0.1, 0.15) is 26.7 Å². The van der Waals surface area contributed by atoms with Gasteiger partial charge in [-0.3, -0.25) is 4.79 Å². The molecular formula is C10H16N2O5. The fourth-order valence-electron chi connectivity index (χ4n) is 1.83. The summed E-state index contributed by atoms with van der Waals surface area (Å²) in [6.45, 7) is 3.35. The molecule has 3 N–H and O–H groups in total. The third-order valence-electron chi connectivity index (χ3n) is 3.00. The molecule has 0 amide bonds. The van der Waals surface area contributed by atoms with Crippen LogP contribution in [0.3, 0.4) is 0 Å². The molecule has 0 aromatic heterocycles. The first kappa shape index (κ1) is 13.5. The molecule has 7 nitrogen and oxygen atoms in total. The van der Waals surface area contributed by atoms with Gasteiger partial charge in [-0.25, -0.2) is 4.79 Å². The van der Waals surface area contributed by atoms with Crippen molar-refractivity contribution in [3.63, 3.8) is 0 Å². The van der Waals surface area contributed by atoms with E-state index in [9.17, 15) is 14.8 Å². The number of allylic oxidation sites excluding steroid dienone is 2. The van der Waals surface area contributed by atoms with E-state index in [0.29, 0.717) is 11.4 Å². The van der Waals surface area contributed by atoms with E-state index in [-0.39, 0.29) is 24.6 Å². The van der Waals surface area contributed by atoms with Gasteiger partial charge in [-0.05, 0) is 13.3 Å². The number of hydrogen-bond donors (Lipinski definition) is 3. The molecule has 0 saturated carbocycles. The van der Waals surface area contributed by atoms with Gasteiger partial charge in [-0.2, -0.15) is 0 Å². The fourth-order valence-corrected chi connectivity index (χ4v) is 1.83. The zero-order chi connectivity index (χ0) is 13.2. The lowest BCUT2D eigenvalue weighted by Gasteiger charge is -2.26. The fraction of sp³-hybridized carbons (Fsp3) is 0.600. The minimum atomic E-state index is -1.10. The second-order valence-electron chi connectivity index (χ2n) is 4.05. The summed E-state index contributed by atoms with van der Waals surface area (Å²) in [6.07, 6.45) is -0.240. The quantitative estimate of drug-likeness (QED) is 0.547. The lowest BCUT2D eigenvalue weighted by atomic mass is 10.1. The summed E-state index contributed by atoms with van der Waals surface area (Å²) in [5.41, 5.74) is 1.17. The van der Waals surface area contributed by atoms with Gasteiger partial charge in [-0.1, -0.05) is 0 Å². The minimum absolute atomic E-state index is 0.0113. The summed E-state index contributed by atoms with van der Waals surface area (Å²) in [4.78, 5) is 23.0. The van der Waals surface area contributed by atoms with Gasteiger partial charge in [0.05, 0.1) is 5.70 Å². The van der Waals surface area contributed by atoms with Crippen molar-refractivity contribution in [3.8, 4) is 0 Å². The summed E-state index contributed by atoms with van der Waals surface area (Å²) in [5, 5.41) is 29.0. The molecule has 2 atom stereocenters. The summed E-state index contributed by atoms with van der Waals surface area (Å²) in [7, 11) is 0. The largest absolute Gasteiger partial charge is 0.628 e. The van der Waals surface area contributed by atoms with Crippen molar-refractivity contribution in [1.29, 1.82) is 0 Å². The van der Waals surface area contributed by atoms with Crippen LogP contribution >= 0.6 is 0 Å². The van der Waals surface area contributed by atoms with Gasteiger partial charge in [0.2, 0.25) is 0 Å². The number of hydroxylamine groups is 2. The van der Waals surface area contributed by atoms with Crippen LogP contribution in [-0.2, 0) is 9.59 Å². The highest BCUT2D eigenvalue weighted by Gasteiger charge is 2.33. The van der Waals surface area contributed by atoms with E-state index in [1.807, 2.05) is 0 Å². The SMILES string of the molecule is CC1=C(C)[NH+]([O-])CN1[C@@H](CCC(=O)O)C(=O)O. The summed E-state index contributed by atoms with van der Waals surface area (Å²) < 4.78 is 0. The maximum absolute atomic E-state index is 11.5. The molecule has 7 heteroatoms. The summed E-state index contributed by atoms with van der Waals surface area (Å²) >= 11 is 0. The molecule has 0 fully saturated rings. The Bertz CT molecular complexity index is 366. The van der Waals surface area contributed by atoms with Gasteiger partial charge in [0.1, 0.15) is 11.7 Å². The number of hydrogen-bond acceptors (Lipinski definition) is 4. The van der Waals surface area contributed by atoms with Crippen LogP contribution in [0.25, 0.3) is 0 Å². The first-order chi connectivity index (χ1) is 7.84. The smallest absolute Gasteiger partial charge is 0.326 e. The Morgan fingerprint density at radius 3 is 2.41 bits per heavy atom. The van der Waals surface area contributed by atoms with Crippen LogP contribution in [0.4, 0.5) is 0 Å². The molecule has 0 aromatic carbocycles. The first-order valence-electron chi connectivity index (χ1n) is 5.26. The Hall–Kier alpha value is -1.60. The first-order valence-corrected chi connectivity index (χ1v) is 5.26. The molecule has 1 aliphatic heterocycles. The third kappa shape index (κ3) is 2.95. The molecule has 1 aliphatic rings. The highest BCUT2D eigenvalue weighted by molar-refractivity contribution is 5.75. The molecule has 1 rings (SSSR count). The lowest BCUT2D eigenvalue weighted by Crippen LogP contribution is -3.04. The number of aliphatic carboxylic acids is 2. The van der Waals surface area contributed by atoms with Crippen LogP contribution < -0.4 is 5.06 Å². The highest BCUT2D eigenvalue weighted by atomic mass is 16.5. The Labute approximate surface area is 98.5 Å². The number of carboxylic acids is 2. The van der Waals surface area contributed by atoms with Gasteiger partial charge in [0.25, 0.3) is 0 Å². The van der Waals surface area contributed by atoms with Crippen LogP contribution in [-0.4, -0.2) is 39.8 Å². The molecule has 1 heterocycles. The van der Waals surface area contributed by atoms with Gasteiger partial charge in [0.15, 0.2) is 6.67 Å². The van der Waals surface area contributed by atoms with Crippen molar-refractivity contribution < 1.29 is 24.9 Å². The zero-order valence-corrected chi connectivity index (χ0v) is 9.77. The molecule has 17 heavy (non-hydrogen) atoms. The summed E-state index contributed by atoms with van der Waals surface area (Å²) in [5.74, 6) is -2.15. The predicted molar refractivity (Wildman–Crippen MR) is 57.7 cm³/mol. The molecule has 96 valence electrons. The van der Waals surface area contributed by atoms with E-state index < -0.39 is 18.0 Å². The third-order valence-corrected chi connectivity index (χ3v) is 3.00. The number of carboxylic acid groups (broad SMARTS) is 2. The van der Waals surface area contributed by atoms with Crippen molar-refractivity contribution in [1.82, 2.24) is 4.90 Å². The van der Waals surface area contributed by atoms with E-state index in [2.05, 4.69) is 0 Å². The van der Waals surface area contributed by atoms with E-state index >= 15 is 0 Å². The number of nitrogens with zero attached hydrogens (tertiary/aromatic N) is 1. The standard InChI is InChI=1S/C10H16N2O5/c1-6-7(2)12(17)5-11(6)8(10(15)16)3-4-9(13)14/h8,12H,3-5H2,1-2H3,(H,13,14)(H,15,16)/t8-/m0/s1. The molecule has 0 aromatic rings. The zero-order valence-electron chi connectivity index (χ0n) is 9.77. The highest BCUT2D eigenvalue weighted by Crippen LogP contribution is 2.17.